The molecule has 2 aliphatic heterocycles. The van der Waals surface area contributed by atoms with Crippen molar-refractivity contribution in [2.75, 3.05) is 19.8 Å². The van der Waals surface area contributed by atoms with Crippen LogP contribution in [0.3, 0.4) is 0 Å². The van der Waals surface area contributed by atoms with Gasteiger partial charge in [-0.05, 0) is 77.0 Å². The largest absolute Gasteiger partial charge is 0.394 e. The molecule has 0 aromatic carbocycles. The van der Waals surface area contributed by atoms with Crippen molar-refractivity contribution in [3.05, 3.63) is 97.2 Å². The van der Waals surface area contributed by atoms with Gasteiger partial charge < -0.3 is 65.1 Å². The number of carbonyl (C=O) groups is 1. The van der Waals surface area contributed by atoms with Crippen LogP contribution in [-0.2, 0) is 23.7 Å². The minimum atomic E-state index is -1.78. The lowest BCUT2D eigenvalue weighted by atomic mass is 9.97. The van der Waals surface area contributed by atoms with E-state index in [0.717, 1.165) is 96.3 Å². The number of allylic oxidation sites excluding steroid dienone is 16. The molecule has 2 aliphatic rings. The van der Waals surface area contributed by atoms with Crippen LogP contribution in [-0.4, -0.2) is 140 Å². The summed E-state index contributed by atoms with van der Waals surface area (Å²) in [7, 11) is 0. The van der Waals surface area contributed by atoms with Crippen LogP contribution in [0.5, 0.6) is 0 Å². The summed E-state index contributed by atoms with van der Waals surface area (Å²) in [6.45, 7) is 2.54. The van der Waals surface area contributed by atoms with Gasteiger partial charge in [0, 0.05) is 6.42 Å². The molecule has 2 saturated heterocycles. The van der Waals surface area contributed by atoms with Crippen molar-refractivity contribution in [2.45, 2.75) is 254 Å². The van der Waals surface area contributed by atoms with Gasteiger partial charge in [0.15, 0.2) is 12.6 Å². The van der Waals surface area contributed by atoms with E-state index in [9.17, 15) is 45.6 Å². The van der Waals surface area contributed by atoms with Crippen LogP contribution in [0.15, 0.2) is 97.2 Å². The van der Waals surface area contributed by atoms with Gasteiger partial charge >= 0.3 is 0 Å². The molecule has 12 unspecified atom stereocenters. The summed E-state index contributed by atoms with van der Waals surface area (Å²) in [5.74, 6) is -0.226. The topological polar surface area (TPSA) is 228 Å². The van der Waals surface area contributed by atoms with Crippen LogP contribution in [0.4, 0.5) is 0 Å². The molecule has 14 heteroatoms. The van der Waals surface area contributed by atoms with Gasteiger partial charge in [-0.25, -0.2) is 0 Å². The summed E-state index contributed by atoms with van der Waals surface area (Å²) in [5, 5.41) is 86.1. The Morgan fingerprint density at radius 2 is 0.932 bits per heavy atom. The Morgan fingerprint density at radius 3 is 1.41 bits per heavy atom. The summed E-state index contributed by atoms with van der Waals surface area (Å²) in [4.78, 5) is 13.0. The van der Waals surface area contributed by atoms with Gasteiger partial charge in [-0.1, -0.05) is 195 Å². The lowest BCUT2D eigenvalue weighted by Crippen LogP contribution is -2.65. The van der Waals surface area contributed by atoms with E-state index in [1.54, 1.807) is 0 Å². The number of ether oxygens (including phenoxy) is 4. The summed E-state index contributed by atoms with van der Waals surface area (Å²) in [6, 6.07) is -0.830. The van der Waals surface area contributed by atoms with Crippen molar-refractivity contribution in [2.24, 2.45) is 0 Å². The van der Waals surface area contributed by atoms with Crippen molar-refractivity contribution in [1.29, 1.82) is 0 Å². The minimum Gasteiger partial charge on any atom is -0.394 e. The maximum Gasteiger partial charge on any atom is 0.220 e. The molecule has 2 heterocycles. The summed E-state index contributed by atoms with van der Waals surface area (Å²) >= 11 is 0. The first kappa shape index (κ1) is 67.0. The second-order valence-corrected chi connectivity index (χ2v) is 19.7. The number of aliphatic hydroxyl groups is 8. The van der Waals surface area contributed by atoms with Crippen molar-refractivity contribution < 1.29 is 64.6 Å². The average molecular weight is 1040 g/mol. The zero-order chi connectivity index (χ0) is 53.9. The molecular formula is C60H101NO13. The molecule has 0 bridgehead atoms. The minimum absolute atomic E-state index is 0.226. The molecule has 0 saturated carbocycles. The molecule has 0 aromatic rings. The third-order valence-corrected chi connectivity index (χ3v) is 13.3. The van der Waals surface area contributed by atoms with Crippen molar-refractivity contribution >= 4 is 5.91 Å². The van der Waals surface area contributed by atoms with E-state index in [0.29, 0.717) is 19.3 Å². The summed E-state index contributed by atoms with van der Waals surface area (Å²) < 4.78 is 22.5. The Morgan fingerprint density at radius 1 is 0.500 bits per heavy atom. The van der Waals surface area contributed by atoms with Gasteiger partial charge in [-0.3, -0.25) is 4.79 Å². The predicted octanol–water partition coefficient (Wildman–Crippen LogP) is 9.10. The number of hydrogen-bond donors (Lipinski definition) is 9. The second kappa shape index (κ2) is 45.0. The zero-order valence-corrected chi connectivity index (χ0v) is 45.3. The third kappa shape index (κ3) is 30.6. The SMILES string of the molecule is CC/C=C\C/C=C\C/C=C\C/C=C\C/C=C\C/C=C\C/C=C\C/C=C\CCCCCCCCCCCCCCC(=O)NC(COC1OC(CO)C(OC2OC(CO)C(O)C(O)C2O)C(O)C1O)C(O)CCCCC. The van der Waals surface area contributed by atoms with E-state index in [2.05, 4.69) is 109 Å². The highest BCUT2D eigenvalue weighted by Crippen LogP contribution is 2.30. The Bertz CT molecular complexity index is 1610. The molecule has 1 amide bonds. The number of nitrogens with one attached hydrogen (secondary N) is 1. The Labute approximate surface area is 445 Å². The predicted molar refractivity (Wildman–Crippen MR) is 295 cm³/mol. The number of carbonyl (C=O) groups excluding carboxylic acids is 1. The highest BCUT2D eigenvalue weighted by Gasteiger charge is 2.51. The van der Waals surface area contributed by atoms with Gasteiger partial charge in [0.25, 0.3) is 0 Å². The summed E-state index contributed by atoms with van der Waals surface area (Å²) in [5.41, 5.74) is 0. The number of aliphatic hydroxyl groups excluding tert-OH is 8. The first-order chi connectivity index (χ1) is 36.1. The Kier molecular flexibility index (Phi) is 40.7. The van der Waals surface area contributed by atoms with Gasteiger partial charge in [-0.15, -0.1) is 0 Å². The normalized spacial score (nSPS) is 26.0. The van der Waals surface area contributed by atoms with E-state index in [4.69, 9.17) is 18.9 Å². The van der Waals surface area contributed by atoms with E-state index in [-0.39, 0.29) is 12.5 Å². The standard InChI is InChI=1S/C60H101NO13/c1-3-5-7-8-9-10-11-12-13-14-15-16-17-18-19-20-21-22-23-24-25-26-27-28-29-30-31-32-33-34-35-36-37-38-39-40-42-44-52(65)61-48(49(64)43-41-6-4-2)47-71-59-57(70)55(68)58(51(46-63)73-59)74-60-56(69)54(67)53(66)50(45-62)72-60/h5,7,9-10,12-13,15-16,18-19,21-22,24-25,27-28,48-51,53-60,62-64,66-70H,3-4,6,8,11,14,17,20,23,26,29-47H2,1-2H3,(H,61,65)/b7-5-,10-9-,13-12-,16-15-,19-18-,22-21-,25-24-,28-27-. The average Bonchev–Trinajstić information content (AvgIpc) is 3.40. The molecule has 0 radical (unpaired) electrons. The molecule has 424 valence electrons. The molecule has 0 spiro atoms. The molecule has 12 atom stereocenters. The lowest BCUT2D eigenvalue weighted by molar-refractivity contribution is -0.359. The van der Waals surface area contributed by atoms with E-state index in [1.165, 1.54) is 51.4 Å². The van der Waals surface area contributed by atoms with Gasteiger partial charge in [0.2, 0.25) is 5.91 Å². The second-order valence-electron chi connectivity index (χ2n) is 19.7. The monoisotopic (exact) mass is 1040 g/mol. The van der Waals surface area contributed by atoms with Crippen molar-refractivity contribution in [3.8, 4) is 0 Å². The van der Waals surface area contributed by atoms with Crippen LogP contribution < -0.4 is 5.32 Å². The summed E-state index contributed by atoms with van der Waals surface area (Å²) in [6.07, 6.45) is 45.5. The highest BCUT2D eigenvalue weighted by molar-refractivity contribution is 5.76. The number of amides is 1. The molecule has 2 fully saturated rings. The molecule has 9 N–H and O–H groups in total. The number of unbranched alkanes of at least 4 members (excludes halogenated alkanes) is 14. The zero-order valence-electron chi connectivity index (χ0n) is 45.3. The fourth-order valence-corrected chi connectivity index (χ4v) is 8.72. The Balaban J connectivity index is 1.51. The molecule has 2 rings (SSSR count). The molecule has 14 nitrogen and oxygen atoms in total. The fraction of sp³-hybridized carbons (Fsp3) is 0.717. The van der Waals surface area contributed by atoms with E-state index in [1.807, 2.05) is 6.92 Å². The third-order valence-electron chi connectivity index (χ3n) is 13.3. The lowest BCUT2D eigenvalue weighted by Gasteiger charge is -2.46. The molecular weight excluding hydrogens is 943 g/mol. The maximum absolute atomic E-state index is 13.0. The first-order valence-electron chi connectivity index (χ1n) is 28.5. The van der Waals surface area contributed by atoms with Crippen LogP contribution in [0.2, 0.25) is 0 Å². The van der Waals surface area contributed by atoms with Crippen LogP contribution in [0, 0.1) is 0 Å². The molecule has 0 aromatic heterocycles. The molecule has 74 heavy (non-hydrogen) atoms. The maximum atomic E-state index is 13.0. The number of hydrogen-bond acceptors (Lipinski definition) is 13. The van der Waals surface area contributed by atoms with E-state index < -0.39 is 86.8 Å². The van der Waals surface area contributed by atoms with Crippen LogP contribution in [0.1, 0.15) is 181 Å². The number of rotatable bonds is 43. The van der Waals surface area contributed by atoms with Crippen LogP contribution in [0.25, 0.3) is 0 Å². The van der Waals surface area contributed by atoms with Gasteiger partial charge in [0.05, 0.1) is 32.0 Å². The fourth-order valence-electron chi connectivity index (χ4n) is 8.72. The highest BCUT2D eigenvalue weighted by atomic mass is 16.7. The smallest absolute Gasteiger partial charge is 0.220 e. The van der Waals surface area contributed by atoms with Crippen molar-refractivity contribution in [1.82, 2.24) is 5.32 Å². The first-order valence-corrected chi connectivity index (χ1v) is 28.5. The van der Waals surface area contributed by atoms with Crippen molar-refractivity contribution in [3.63, 3.8) is 0 Å². The Hall–Kier alpha value is -3.09. The quantitative estimate of drug-likeness (QED) is 0.0205. The van der Waals surface area contributed by atoms with E-state index >= 15 is 0 Å². The molecule has 0 aliphatic carbocycles. The van der Waals surface area contributed by atoms with Crippen LogP contribution >= 0.6 is 0 Å². The van der Waals surface area contributed by atoms with Gasteiger partial charge in [0.1, 0.15) is 48.8 Å². The van der Waals surface area contributed by atoms with Gasteiger partial charge in [-0.2, -0.15) is 0 Å².